The summed E-state index contributed by atoms with van der Waals surface area (Å²) in [5.74, 6) is 2.03. The summed E-state index contributed by atoms with van der Waals surface area (Å²) in [6, 6.07) is 11.9. The normalized spacial score (nSPS) is 40.3. The molecule has 2 nitrogen and oxygen atoms in total. The fraction of sp³-hybridized carbons (Fsp3) is 0.684. The van der Waals surface area contributed by atoms with Gasteiger partial charge in [-0.1, -0.05) is 36.8 Å². The fourth-order valence-corrected chi connectivity index (χ4v) is 5.13. The van der Waals surface area contributed by atoms with Gasteiger partial charge in [0, 0.05) is 12.6 Å². The molecule has 1 N–H and O–H groups in total. The molecule has 1 heterocycles. The van der Waals surface area contributed by atoms with Gasteiger partial charge in [-0.3, -0.25) is 4.90 Å². The van der Waals surface area contributed by atoms with E-state index >= 15 is 0 Å². The van der Waals surface area contributed by atoms with E-state index in [1.165, 1.54) is 50.8 Å². The van der Waals surface area contributed by atoms with Gasteiger partial charge in [-0.2, -0.15) is 0 Å². The first-order chi connectivity index (χ1) is 10.2. The standard InChI is InChI=1S/C19H28N2/c1-19(17-6-3-2-4-7-17)14-21(11-5-10-20-19)18-13-15-8-9-16(18)12-15/h2-4,6-7,15-16,18,20H,5,8-14H2,1H3. The van der Waals surface area contributed by atoms with Crippen LogP contribution >= 0.6 is 0 Å². The zero-order valence-corrected chi connectivity index (χ0v) is 13.2. The molecule has 1 saturated heterocycles. The summed E-state index contributed by atoms with van der Waals surface area (Å²) in [6.45, 7) is 5.99. The molecule has 0 aromatic heterocycles. The molecular formula is C19H28N2. The van der Waals surface area contributed by atoms with Gasteiger partial charge in [-0.25, -0.2) is 0 Å². The van der Waals surface area contributed by atoms with Crippen LogP contribution in [0.5, 0.6) is 0 Å². The first-order valence-corrected chi connectivity index (χ1v) is 8.79. The van der Waals surface area contributed by atoms with Gasteiger partial charge in [-0.15, -0.1) is 0 Å². The Morgan fingerprint density at radius 3 is 2.71 bits per heavy atom. The summed E-state index contributed by atoms with van der Waals surface area (Å²) in [7, 11) is 0. The molecule has 1 aromatic carbocycles. The highest BCUT2D eigenvalue weighted by atomic mass is 15.2. The third-order valence-corrected chi connectivity index (χ3v) is 6.24. The van der Waals surface area contributed by atoms with Crippen molar-refractivity contribution in [3.63, 3.8) is 0 Å². The zero-order valence-electron chi connectivity index (χ0n) is 13.2. The topological polar surface area (TPSA) is 15.3 Å². The minimum absolute atomic E-state index is 0.111. The van der Waals surface area contributed by atoms with Gasteiger partial charge in [0.05, 0.1) is 5.54 Å². The van der Waals surface area contributed by atoms with E-state index in [0.717, 1.165) is 24.4 Å². The zero-order chi connectivity index (χ0) is 14.3. The highest BCUT2D eigenvalue weighted by Crippen LogP contribution is 2.47. The molecule has 2 aliphatic carbocycles. The first-order valence-electron chi connectivity index (χ1n) is 8.79. The maximum atomic E-state index is 3.83. The highest BCUT2D eigenvalue weighted by Gasteiger charge is 2.44. The lowest BCUT2D eigenvalue weighted by atomic mass is 9.89. The molecule has 1 aliphatic heterocycles. The average molecular weight is 284 g/mol. The van der Waals surface area contributed by atoms with Crippen LogP contribution in [-0.4, -0.2) is 30.6 Å². The number of benzene rings is 1. The molecule has 4 rings (SSSR count). The number of nitrogens with zero attached hydrogens (tertiary/aromatic N) is 1. The van der Waals surface area contributed by atoms with Crippen LogP contribution in [0.25, 0.3) is 0 Å². The minimum atomic E-state index is 0.111. The molecule has 3 fully saturated rings. The van der Waals surface area contributed by atoms with Crippen molar-refractivity contribution >= 4 is 0 Å². The Kier molecular flexibility index (Phi) is 3.55. The molecule has 2 heteroatoms. The quantitative estimate of drug-likeness (QED) is 0.895. The minimum Gasteiger partial charge on any atom is -0.307 e. The molecule has 2 bridgehead atoms. The number of fused-ring (bicyclic) bond motifs is 2. The van der Waals surface area contributed by atoms with E-state index in [2.05, 4.69) is 47.5 Å². The van der Waals surface area contributed by atoms with Gasteiger partial charge in [0.2, 0.25) is 0 Å². The molecule has 3 aliphatic rings. The van der Waals surface area contributed by atoms with E-state index in [9.17, 15) is 0 Å². The van der Waals surface area contributed by atoms with Gasteiger partial charge in [0.15, 0.2) is 0 Å². The Bertz CT molecular complexity index is 486. The third kappa shape index (κ3) is 2.53. The molecule has 1 aromatic rings. The second-order valence-electron chi connectivity index (χ2n) is 7.69. The lowest BCUT2D eigenvalue weighted by Gasteiger charge is -2.39. The Labute approximate surface area is 128 Å². The average Bonchev–Trinajstić information content (AvgIpc) is 3.09. The van der Waals surface area contributed by atoms with Gasteiger partial charge >= 0.3 is 0 Å². The van der Waals surface area contributed by atoms with Crippen molar-refractivity contribution in [3.8, 4) is 0 Å². The van der Waals surface area contributed by atoms with Crippen LogP contribution in [0.1, 0.15) is 44.6 Å². The largest absolute Gasteiger partial charge is 0.307 e. The lowest BCUT2D eigenvalue weighted by molar-refractivity contribution is 0.119. The first kappa shape index (κ1) is 13.8. The van der Waals surface area contributed by atoms with Crippen molar-refractivity contribution < 1.29 is 0 Å². The third-order valence-electron chi connectivity index (χ3n) is 6.24. The molecular weight excluding hydrogens is 256 g/mol. The van der Waals surface area contributed by atoms with Gasteiger partial charge in [0.1, 0.15) is 0 Å². The van der Waals surface area contributed by atoms with Crippen molar-refractivity contribution in [3.05, 3.63) is 35.9 Å². The second kappa shape index (κ2) is 5.40. The molecule has 21 heavy (non-hydrogen) atoms. The van der Waals surface area contributed by atoms with Gasteiger partial charge in [-0.05, 0) is 63.1 Å². The second-order valence-corrected chi connectivity index (χ2v) is 7.69. The van der Waals surface area contributed by atoms with Crippen LogP contribution in [-0.2, 0) is 5.54 Å². The van der Waals surface area contributed by atoms with E-state index in [1.54, 1.807) is 0 Å². The smallest absolute Gasteiger partial charge is 0.0535 e. The number of hydrogen-bond acceptors (Lipinski definition) is 2. The number of nitrogens with one attached hydrogen (secondary N) is 1. The summed E-state index contributed by atoms with van der Waals surface area (Å²) >= 11 is 0. The molecule has 114 valence electrons. The van der Waals surface area contributed by atoms with Crippen molar-refractivity contribution in [1.29, 1.82) is 0 Å². The monoisotopic (exact) mass is 284 g/mol. The molecule has 2 saturated carbocycles. The summed E-state index contributed by atoms with van der Waals surface area (Å²) in [6.07, 6.45) is 7.26. The van der Waals surface area contributed by atoms with Crippen molar-refractivity contribution in [2.24, 2.45) is 11.8 Å². The van der Waals surface area contributed by atoms with Crippen LogP contribution in [0.15, 0.2) is 30.3 Å². The predicted octanol–water partition coefficient (Wildman–Crippen LogP) is 3.39. The van der Waals surface area contributed by atoms with E-state index in [-0.39, 0.29) is 5.54 Å². The Balaban J connectivity index is 1.56. The van der Waals surface area contributed by atoms with Crippen LogP contribution in [0.4, 0.5) is 0 Å². The van der Waals surface area contributed by atoms with Crippen molar-refractivity contribution in [2.45, 2.75) is 50.6 Å². The molecule has 0 radical (unpaired) electrons. The highest BCUT2D eigenvalue weighted by molar-refractivity contribution is 5.24. The summed E-state index contributed by atoms with van der Waals surface area (Å²) in [5.41, 5.74) is 1.56. The van der Waals surface area contributed by atoms with E-state index < -0.39 is 0 Å². The Hall–Kier alpha value is -0.860. The summed E-state index contributed by atoms with van der Waals surface area (Å²) in [4.78, 5) is 2.83. The van der Waals surface area contributed by atoms with E-state index in [1.807, 2.05) is 0 Å². The van der Waals surface area contributed by atoms with Crippen LogP contribution in [0.3, 0.4) is 0 Å². The Morgan fingerprint density at radius 1 is 1.14 bits per heavy atom. The van der Waals surface area contributed by atoms with Crippen molar-refractivity contribution in [1.82, 2.24) is 10.2 Å². The van der Waals surface area contributed by atoms with Gasteiger partial charge in [0.25, 0.3) is 0 Å². The van der Waals surface area contributed by atoms with Crippen LogP contribution in [0, 0.1) is 11.8 Å². The van der Waals surface area contributed by atoms with Crippen LogP contribution < -0.4 is 5.32 Å². The molecule has 4 unspecified atom stereocenters. The molecule has 0 spiro atoms. The maximum Gasteiger partial charge on any atom is 0.0535 e. The predicted molar refractivity (Wildman–Crippen MR) is 87.2 cm³/mol. The van der Waals surface area contributed by atoms with Crippen LogP contribution in [0.2, 0.25) is 0 Å². The van der Waals surface area contributed by atoms with Gasteiger partial charge < -0.3 is 5.32 Å². The van der Waals surface area contributed by atoms with Crippen molar-refractivity contribution in [2.75, 3.05) is 19.6 Å². The van der Waals surface area contributed by atoms with E-state index in [0.29, 0.717) is 0 Å². The summed E-state index contributed by atoms with van der Waals surface area (Å²) in [5, 5.41) is 3.83. The number of rotatable bonds is 2. The Morgan fingerprint density at radius 2 is 2.00 bits per heavy atom. The SMILES string of the molecule is CC1(c2ccccc2)CN(C2CC3CCC2C3)CCCN1. The number of hydrogen-bond donors (Lipinski definition) is 1. The fourth-order valence-electron chi connectivity index (χ4n) is 5.13. The lowest BCUT2D eigenvalue weighted by Crippen LogP contribution is -2.50. The maximum absolute atomic E-state index is 3.83. The van der Waals surface area contributed by atoms with E-state index in [4.69, 9.17) is 0 Å². The molecule has 4 atom stereocenters. The summed E-state index contributed by atoms with van der Waals surface area (Å²) < 4.78 is 0. The molecule has 0 amide bonds.